The van der Waals surface area contributed by atoms with Gasteiger partial charge < -0.3 is 0 Å². The van der Waals surface area contributed by atoms with Gasteiger partial charge in [-0.05, 0) is 19.3 Å². The van der Waals surface area contributed by atoms with E-state index in [2.05, 4.69) is 75.2 Å². The summed E-state index contributed by atoms with van der Waals surface area (Å²) in [6.45, 7) is 11.7. The number of nitrogens with zero attached hydrogens (tertiary/aromatic N) is 10. The van der Waals surface area contributed by atoms with Crippen molar-refractivity contribution in [2.24, 2.45) is 0 Å². The van der Waals surface area contributed by atoms with Crippen LogP contribution in [0.2, 0.25) is 0 Å². The third-order valence-corrected chi connectivity index (χ3v) is 9.64. The van der Waals surface area contributed by atoms with Gasteiger partial charge in [-0.1, -0.05) is 171 Å². The van der Waals surface area contributed by atoms with E-state index in [0.29, 0.717) is 19.6 Å². The van der Waals surface area contributed by atoms with Crippen LogP contribution < -0.4 is 0 Å². The molecule has 0 spiro atoms. The molecule has 3 heterocycles. The minimum Gasteiger partial charge on any atom is -0.285 e. The molecule has 0 aromatic carbocycles. The fraction of sp³-hybridized carbons (Fsp3) is 0.846. The molecule has 0 unspecified atom stereocenters. The van der Waals surface area contributed by atoms with Crippen LogP contribution in [0.15, 0.2) is 18.6 Å². The summed E-state index contributed by atoms with van der Waals surface area (Å²) in [7, 11) is 0. The van der Waals surface area contributed by atoms with Gasteiger partial charge in [0.2, 0.25) is 0 Å². The lowest BCUT2D eigenvalue weighted by Crippen LogP contribution is -2.23. The maximum Gasteiger partial charge on any atom is 0.0967 e. The molecule has 0 saturated carbocycles. The molecule has 0 amide bonds. The second kappa shape index (κ2) is 27.1. The lowest BCUT2D eigenvalue weighted by atomic mass is 10.1. The maximum atomic E-state index is 4.55. The van der Waals surface area contributed by atoms with Gasteiger partial charge in [0.05, 0.1) is 17.1 Å². The predicted octanol–water partition coefficient (Wildman–Crippen LogP) is 10.1. The second-order valence-electron chi connectivity index (χ2n) is 14.5. The van der Waals surface area contributed by atoms with Gasteiger partial charge in [-0.15, -0.1) is 15.3 Å². The lowest BCUT2D eigenvalue weighted by Gasteiger charge is -2.18. The summed E-state index contributed by atoms with van der Waals surface area (Å²) in [5, 5.41) is 27.0. The first kappa shape index (κ1) is 40.8. The highest BCUT2D eigenvalue weighted by Gasteiger charge is 2.15. The first-order valence-corrected chi connectivity index (χ1v) is 20.6. The summed E-state index contributed by atoms with van der Waals surface area (Å²) >= 11 is 0. The first-order valence-electron chi connectivity index (χ1n) is 20.6. The molecule has 49 heavy (non-hydrogen) atoms. The van der Waals surface area contributed by atoms with Crippen molar-refractivity contribution in [3.63, 3.8) is 0 Å². The zero-order chi connectivity index (χ0) is 34.6. The molecule has 3 aromatic rings. The van der Waals surface area contributed by atoms with E-state index in [-0.39, 0.29) is 0 Å². The topological polar surface area (TPSA) is 95.4 Å². The van der Waals surface area contributed by atoms with Gasteiger partial charge in [0.25, 0.3) is 0 Å². The van der Waals surface area contributed by atoms with Gasteiger partial charge in [0.15, 0.2) is 0 Å². The largest absolute Gasteiger partial charge is 0.285 e. The minimum atomic E-state index is 0.688. The Morgan fingerprint density at radius 1 is 0.367 bits per heavy atom. The van der Waals surface area contributed by atoms with Gasteiger partial charge in [-0.3, -0.25) is 18.9 Å². The average Bonchev–Trinajstić information content (AvgIpc) is 3.87. The minimum absolute atomic E-state index is 0.688. The summed E-state index contributed by atoms with van der Waals surface area (Å²) in [6, 6.07) is 0. The molecule has 0 N–H and O–H groups in total. The Hall–Kier alpha value is -2.62. The summed E-state index contributed by atoms with van der Waals surface area (Å²) in [4.78, 5) is 2.35. The zero-order valence-electron chi connectivity index (χ0n) is 31.9. The number of hydrogen-bond acceptors (Lipinski definition) is 7. The number of unbranched alkanes of at least 4 members (excludes halogenated alkanes) is 21. The van der Waals surface area contributed by atoms with Crippen LogP contribution in [0.1, 0.15) is 192 Å². The van der Waals surface area contributed by atoms with Crippen molar-refractivity contribution >= 4 is 0 Å². The van der Waals surface area contributed by atoms with Crippen LogP contribution in [-0.2, 0) is 39.3 Å². The SMILES string of the molecule is CCCCCCCCCCn1cc(CN(Cc2cn(CCCCCCCCCC)nn2)Cc2cn(CCCCCCCCCC)nn2)nn1. The molecule has 0 saturated heterocycles. The molecule has 0 aliphatic heterocycles. The van der Waals surface area contributed by atoms with E-state index in [0.717, 1.165) is 56.0 Å². The Morgan fingerprint density at radius 3 is 0.878 bits per heavy atom. The van der Waals surface area contributed by atoms with Crippen molar-refractivity contribution in [3.8, 4) is 0 Å². The summed E-state index contributed by atoms with van der Waals surface area (Å²) < 4.78 is 6.06. The average molecular weight is 681 g/mol. The van der Waals surface area contributed by atoms with Crippen molar-refractivity contribution < 1.29 is 0 Å². The Labute approximate surface area is 299 Å². The number of aryl methyl sites for hydroxylation is 3. The molecule has 0 aliphatic carbocycles. The summed E-state index contributed by atoms with van der Waals surface area (Å²) in [6.07, 6.45) is 37.9. The fourth-order valence-electron chi connectivity index (χ4n) is 6.64. The smallest absolute Gasteiger partial charge is 0.0967 e. The fourth-order valence-corrected chi connectivity index (χ4v) is 6.64. The van der Waals surface area contributed by atoms with Crippen molar-refractivity contribution in [3.05, 3.63) is 35.7 Å². The van der Waals surface area contributed by atoms with Crippen LogP contribution in [0.5, 0.6) is 0 Å². The Kier molecular flexibility index (Phi) is 22.6. The molecular formula is C39H72N10. The van der Waals surface area contributed by atoms with Crippen molar-refractivity contribution in [2.75, 3.05) is 0 Å². The molecule has 278 valence electrons. The van der Waals surface area contributed by atoms with E-state index < -0.39 is 0 Å². The van der Waals surface area contributed by atoms with Crippen molar-refractivity contribution in [1.29, 1.82) is 0 Å². The standard InChI is InChI=1S/C39H72N10/c1-4-7-10-13-16-19-22-25-28-47-34-37(40-43-47)31-46(32-38-35-48(44-41-38)29-26-23-20-17-14-11-8-5-2)33-39-36-49(45-42-39)30-27-24-21-18-15-12-9-6-3/h34-36H,4-33H2,1-3H3. The molecule has 0 aliphatic rings. The number of hydrogen-bond donors (Lipinski definition) is 0. The Bertz CT molecular complexity index is 1020. The molecule has 0 fully saturated rings. The highest BCUT2D eigenvalue weighted by Crippen LogP contribution is 2.14. The number of aromatic nitrogens is 9. The van der Waals surface area contributed by atoms with Crippen LogP contribution in [0.25, 0.3) is 0 Å². The normalized spacial score (nSPS) is 11.8. The highest BCUT2D eigenvalue weighted by molar-refractivity contribution is 5.00. The second-order valence-corrected chi connectivity index (χ2v) is 14.5. The van der Waals surface area contributed by atoms with Crippen LogP contribution in [0, 0.1) is 0 Å². The van der Waals surface area contributed by atoms with Crippen LogP contribution in [0.4, 0.5) is 0 Å². The molecule has 0 atom stereocenters. The van der Waals surface area contributed by atoms with Gasteiger partial charge in [0, 0.05) is 57.9 Å². The monoisotopic (exact) mass is 681 g/mol. The third kappa shape index (κ3) is 19.4. The maximum absolute atomic E-state index is 4.55. The van der Waals surface area contributed by atoms with Gasteiger partial charge >= 0.3 is 0 Å². The van der Waals surface area contributed by atoms with Gasteiger partial charge in [-0.2, -0.15) is 0 Å². The van der Waals surface area contributed by atoms with Gasteiger partial charge in [-0.25, -0.2) is 0 Å². The molecular weight excluding hydrogens is 608 g/mol. The van der Waals surface area contributed by atoms with Crippen LogP contribution in [0.3, 0.4) is 0 Å². The first-order chi connectivity index (χ1) is 24.2. The van der Waals surface area contributed by atoms with E-state index in [1.807, 2.05) is 14.0 Å². The molecule has 3 rings (SSSR count). The Morgan fingerprint density at radius 2 is 0.612 bits per heavy atom. The van der Waals surface area contributed by atoms with Crippen LogP contribution in [-0.4, -0.2) is 49.9 Å². The van der Waals surface area contributed by atoms with Crippen molar-refractivity contribution in [2.45, 2.75) is 214 Å². The molecule has 3 aromatic heterocycles. The van der Waals surface area contributed by atoms with E-state index in [9.17, 15) is 0 Å². The zero-order valence-corrected chi connectivity index (χ0v) is 31.9. The molecule has 10 nitrogen and oxygen atoms in total. The lowest BCUT2D eigenvalue weighted by molar-refractivity contribution is 0.238. The van der Waals surface area contributed by atoms with E-state index in [1.165, 1.54) is 135 Å². The van der Waals surface area contributed by atoms with E-state index in [1.54, 1.807) is 0 Å². The van der Waals surface area contributed by atoms with E-state index in [4.69, 9.17) is 0 Å². The van der Waals surface area contributed by atoms with E-state index >= 15 is 0 Å². The summed E-state index contributed by atoms with van der Waals surface area (Å²) in [5.41, 5.74) is 2.95. The van der Waals surface area contributed by atoms with Gasteiger partial charge in [0.1, 0.15) is 0 Å². The summed E-state index contributed by atoms with van der Waals surface area (Å²) in [5.74, 6) is 0. The molecule has 10 heteroatoms. The quantitative estimate of drug-likeness (QED) is 0.0591. The molecule has 0 bridgehead atoms. The third-order valence-electron chi connectivity index (χ3n) is 9.64. The van der Waals surface area contributed by atoms with Crippen LogP contribution >= 0.6 is 0 Å². The Balaban J connectivity index is 1.48. The van der Waals surface area contributed by atoms with Crippen molar-refractivity contribution in [1.82, 2.24) is 49.9 Å². The predicted molar refractivity (Wildman–Crippen MR) is 201 cm³/mol. The highest BCUT2D eigenvalue weighted by atomic mass is 15.4. The number of rotatable bonds is 33. The molecule has 0 radical (unpaired) electrons.